The number of benzene rings is 1. The van der Waals surface area contributed by atoms with Gasteiger partial charge in [-0.05, 0) is 50.1 Å². The summed E-state index contributed by atoms with van der Waals surface area (Å²) in [5, 5.41) is 8.95. The number of ether oxygens (including phenoxy) is 1. The van der Waals surface area contributed by atoms with Crippen LogP contribution in [0.2, 0.25) is 0 Å². The van der Waals surface area contributed by atoms with Crippen molar-refractivity contribution in [1.29, 1.82) is 5.26 Å². The van der Waals surface area contributed by atoms with Crippen LogP contribution in [0.1, 0.15) is 22.6 Å². The fourth-order valence-corrected chi connectivity index (χ4v) is 1.92. The minimum atomic E-state index is 0.176. The number of rotatable bonds is 2. The molecule has 96 valence electrons. The number of hydrogen-bond acceptors (Lipinski definition) is 4. The topological polar surface area (TPSA) is 58.8 Å². The van der Waals surface area contributed by atoms with E-state index in [4.69, 9.17) is 10.00 Å². The van der Waals surface area contributed by atoms with E-state index in [2.05, 4.69) is 9.97 Å². The monoisotopic (exact) mass is 253 g/mol. The van der Waals surface area contributed by atoms with Crippen molar-refractivity contribution in [3.8, 4) is 23.1 Å². The normalized spacial score (nSPS) is 10.1. The summed E-state index contributed by atoms with van der Waals surface area (Å²) in [6, 6.07) is 7.84. The highest BCUT2D eigenvalue weighted by atomic mass is 16.5. The minimum absolute atomic E-state index is 0.176. The molecule has 2 rings (SSSR count). The van der Waals surface area contributed by atoms with Crippen molar-refractivity contribution in [3.63, 3.8) is 0 Å². The van der Waals surface area contributed by atoms with Crippen LogP contribution in [0.15, 0.2) is 18.2 Å². The highest BCUT2D eigenvalue weighted by Crippen LogP contribution is 2.31. The molecule has 0 amide bonds. The first kappa shape index (κ1) is 13.0. The molecule has 19 heavy (non-hydrogen) atoms. The lowest BCUT2D eigenvalue weighted by Gasteiger charge is -2.11. The summed E-state index contributed by atoms with van der Waals surface area (Å²) >= 11 is 0. The molecule has 0 spiro atoms. The SMILES string of the molecule is COc1cc(C)c(C)cc1-c1cc(C)nc(C#N)n1. The molecular formula is C15H15N3O. The van der Waals surface area contributed by atoms with Gasteiger partial charge in [-0.25, -0.2) is 9.97 Å². The number of hydrogen-bond donors (Lipinski definition) is 0. The Kier molecular flexibility index (Phi) is 3.48. The molecule has 0 aliphatic carbocycles. The Morgan fingerprint density at radius 1 is 1.05 bits per heavy atom. The number of nitrogens with zero attached hydrogens (tertiary/aromatic N) is 3. The van der Waals surface area contributed by atoms with Crippen LogP contribution in [0, 0.1) is 32.1 Å². The zero-order chi connectivity index (χ0) is 14.0. The van der Waals surface area contributed by atoms with E-state index in [-0.39, 0.29) is 5.82 Å². The average molecular weight is 253 g/mol. The maximum absolute atomic E-state index is 8.95. The van der Waals surface area contributed by atoms with Gasteiger partial charge < -0.3 is 4.74 Å². The fraction of sp³-hybridized carbons (Fsp3) is 0.267. The molecule has 0 bridgehead atoms. The predicted octanol–water partition coefficient (Wildman–Crippen LogP) is 2.95. The van der Waals surface area contributed by atoms with Gasteiger partial charge in [0, 0.05) is 11.3 Å². The molecule has 1 aromatic carbocycles. The van der Waals surface area contributed by atoms with Gasteiger partial charge in [-0.1, -0.05) is 0 Å². The largest absolute Gasteiger partial charge is 0.496 e. The van der Waals surface area contributed by atoms with Gasteiger partial charge in [0.1, 0.15) is 11.8 Å². The zero-order valence-electron chi connectivity index (χ0n) is 11.5. The van der Waals surface area contributed by atoms with Crippen LogP contribution in [0.4, 0.5) is 0 Å². The Labute approximate surface area is 112 Å². The first-order valence-electron chi connectivity index (χ1n) is 5.96. The summed E-state index contributed by atoms with van der Waals surface area (Å²) < 4.78 is 5.41. The van der Waals surface area contributed by atoms with E-state index >= 15 is 0 Å². The molecule has 0 unspecified atom stereocenters. The molecule has 4 nitrogen and oxygen atoms in total. The summed E-state index contributed by atoms with van der Waals surface area (Å²) in [5.74, 6) is 0.931. The zero-order valence-corrected chi connectivity index (χ0v) is 11.5. The van der Waals surface area contributed by atoms with E-state index in [1.54, 1.807) is 7.11 Å². The summed E-state index contributed by atoms with van der Waals surface area (Å²) in [6.45, 7) is 5.92. The standard InChI is InChI=1S/C15H15N3O/c1-9-5-12(14(19-4)6-10(9)2)13-7-11(3)17-15(8-16)18-13/h5-7H,1-4H3. The summed E-state index contributed by atoms with van der Waals surface area (Å²) in [7, 11) is 1.63. The molecule has 0 radical (unpaired) electrons. The van der Waals surface area contributed by atoms with Gasteiger partial charge in [0.25, 0.3) is 0 Å². The summed E-state index contributed by atoms with van der Waals surface area (Å²) in [5.41, 5.74) is 4.68. The molecule has 0 saturated heterocycles. The van der Waals surface area contributed by atoms with Gasteiger partial charge in [-0.3, -0.25) is 0 Å². The quantitative estimate of drug-likeness (QED) is 0.825. The van der Waals surface area contributed by atoms with Crippen LogP contribution in [-0.2, 0) is 0 Å². The molecule has 0 atom stereocenters. The predicted molar refractivity (Wildman–Crippen MR) is 72.9 cm³/mol. The van der Waals surface area contributed by atoms with Crippen molar-refractivity contribution in [3.05, 3.63) is 40.8 Å². The van der Waals surface area contributed by atoms with Crippen LogP contribution in [0.5, 0.6) is 5.75 Å². The molecule has 0 fully saturated rings. The molecule has 1 heterocycles. The third kappa shape index (κ3) is 2.55. The Morgan fingerprint density at radius 3 is 2.37 bits per heavy atom. The lowest BCUT2D eigenvalue weighted by atomic mass is 10.0. The Balaban J connectivity index is 2.68. The van der Waals surface area contributed by atoms with Crippen molar-refractivity contribution >= 4 is 0 Å². The van der Waals surface area contributed by atoms with Gasteiger partial charge in [0.05, 0.1) is 12.8 Å². The lowest BCUT2D eigenvalue weighted by molar-refractivity contribution is 0.416. The van der Waals surface area contributed by atoms with Crippen molar-refractivity contribution < 1.29 is 4.74 Å². The third-order valence-corrected chi connectivity index (χ3v) is 3.05. The number of aromatic nitrogens is 2. The maximum Gasteiger partial charge on any atom is 0.232 e. The maximum atomic E-state index is 8.95. The van der Waals surface area contributed by atoms with Crippen molar-refractivity contribution in [1.82, 2.24) is 9.97 Å². The van der Waals surface area contributed by atoms with Crippen molar-refractivity contribution in [2.75, 3.05) is 7.11 Å². The van der Waals surface area contributed by atoms with E-state index in [9.17, 15) is 0 Å². The van der Waals surface area contributed by atoms with Crippen LogP contribution in [-0.4, -0.2) is 17.1 Å². The van der Waals surface area contributed by atoms with Gasteiger partial charge in [0.2, 0.25) is 5.82 Å². The van der Waals surface area contributed by atoms with Crippen LogP contribution in [0.3, 0.4) is 0 Å². The second-order valence-corrected chi connectivity index (χ2v) is 4.47. The van der Waals surface area contributed by atoms with Crippen LogP contribution in [0.25, 0.3) is 11.3 Å². The van der Waals surface area contributed by atoms with E-state index in [1.807, 2.05) is 45.0 Å². The van der Waals surface area contributed by atoms with E-state index in [1.165, 1.54) is 0 Å². The van der Waals surface area contributed by atoms with E-state index < -0.39 is 0 Å². The minimum Gasteiger partial charge on any atom is -0.496 e. The lowest BCUT2D eigenvalue weighted by Crippen LogP contribution is -1.98. The summed E-state index contributed by atoms with van der Waals surface area (Å²) in [4.78, 5) is 8.31. The number of nitriles is 1. The number of aryl methyl sites for hydroxylation is 3. The Bertz CT molecular complexity index is 672. The number of methoxy groups -OCH3 is 1. The summed E-state index contributed by atoms with van der Waals surface area (Å²) in [6.07, 6.45) is 0. The fourth-order valence-electron chi connectivity index (χ4n) is 1.92. The van der Waals surface area contributed by atoms with Gasteiger partial charge in [0.15, 0.2) is 0 Å². The molecule has 0 saturated carbocycles. The smallest absolute Gasteiger partial charge is 0.232 e. The first-order chi connectivity index (χ1) is 9.05. The second-order valence-electron chi connectivity index (χ2n) is 4.47. The molecule has 4 heteroatoms. The van der Waals surface area contributed by atoms with Crippen LogP contribution >= 0.6 is 0 Å². The Hall–Kier alpha value is -2.41. The van der Waals surface area contributed by atoms with Gasteiger partial charge >= 0.3 is 0 Å². The Morgan fingerprint density at radius 2 is 1.74 bits per heavy atom. The molecule has 0 aliphatic rings. The molecule has 0 N–H and O–H groups in total. The van der Waals surface area contributed by atoms with Crippen molar-refractivity contribution in [2.24, 2.45) is 0 Å². The van der Waals surface area contributed by atoms with Crippen LogP contribution < -0.4 is 4.74 Å². The first-order valence-corrected chi connectivity index (χ1v) is 5.96. The third-order valence-electron chi connectivity index (χ3n) is 3.05. The van der Waals surface area contributed by atoms with Crippen molar-refractivity contribution in [2.45, 2.75) is 20.8 Å². The molecule has 1 aromatic heterocycles. The highest BCUT2D eigenvalue weighted by molar-refractivity contribution is 5.69. The molecule has 2 aromatic rings. The van der Waals surface area contributed by atoms with E-state index in [0.29, 0.717) is 5.69 Å². The average Bonchev–Trinajstić information content (AvgIpc) is 2.40. The van der Waals surface area contributed by atoms with E-state index in [0.717, 1.165) is 28.1 Å². The van der Waals surface area contributed by atoms with Gasteiger partial charge in [-0.2, -0.15) is 5.26 Å². The second kappa shape index (κ2) is 5.07. The molecule has 0 aliphatic heterocycles. The highest BCUT2D eigenvalue weighted by Gasteiger charge is 2.11. The molecular weight excluding hydrogens is 238 g/mol. The van der Waals surface area contributed by atoms with Gasteiger partial charge in [-0.15, -0.1) is 0 Å².